The van der Waals surface area contributed by atoms with Gasteiger partial charge in [-0.25, -0.2) is 4.39 Å². The largest absolute Gasteiger partial charge is 0.507 e. The number of methoxy groups -OCH3 is 1. The minimum atomic E-state index is -0.810. The van der Waals surface area contributed by atoms with Crippen LogP contribution >= 0.6 is 0 Å². The molecule has 0 aliphatic carbocycles. The van der Waals surface area contributed by atoms with Crippen LogP contribution in [-0.4, -0.2) is 48.6 Å². The molecule has 1 aliphatic heterocycles. The molecule has 0 aromatic heterocycles. The normalized spacial score (nSPS) is 18.1. The van der Waals surface area contributed by atoms with Crippen LogP contribution in [0.2, 0.25) is 0 Å². The van der Waals surface area contributed by atoms with E-state index in [1.807, 2.05) is 6.92 Å². The lowest BCUT2D eigenvalue weighted by atomic mass is 9.95. The molecule has 1 amide bonds. The third kappa shape index (κ3) is 4.36. The average molecular weight is 413 g/mol. The minimum absolute atomic E-state index is 0.0460. The Kier molecular flexibility index (Phi) is 6.84. The number of benzene rings is 2. The molecule has 1 N–H and O–H groups in total. The van der Waals surface area contributed by atoms with E-state index in [1.54, 1.807) is 24.3 Å². The molecule has 0 saturated carbocycles. The summed E-state index contributed by atoms with van der Waals surface area (Å²) in [6, 6.07) is 11.4. The monoisotopic (exact) mass is 413 g/mol. The molecule has 7 heteroatoms. The van der Waals surface area contributed by atoms with Gasteiger partial charge in [0.2, 0.25) is 0 Å². The summed E-state index contributed by atoms with van der Waals surface area (Å²) in [5, 5.41) is 10.9. The first kappa shape index (κ1) is 21.5. The highest BCUT2D eigenvalue weighted by molar-refractivity contribution is 6.46. The van der Waals surface area contributed by atoms with Gasteiger partial charge in [-0.3, -0.25) is 9.59 Å². The van der Waals surface area contributed by atoms with Crippen molar-refractivity contribution < 1.29 is 28.6 Å². The fourth-order valence-electron chi connectivity index (χ4n) is 3.40. The maximum absolute atomic E-state index is 13.3. The highest BCUT2D eigenvalue weighted by atomic mass is 19.1. The number of nitrogens with zero attached hydrogens (tertiary/aromatic N) is 1. The molecule has 1 saturated heterocycles. The van der Waals surface area contributed by atoms with Crippen LogP contribution in [0.5, 0.6) is 5.75 Å². The molecule has 3 rings (SSSR count). The van der Waals surface area contributed by atoms with Crippen LogP contribution in [0.25, 0.3) is 5.76 Å². The van der Waals surface area contributed by atoms with Gasteiger partial charge in [-0.2, -0.15) is 0 Å². The molecule has 0 bridgehead atoms. The number of hydrogen-bond acceptors (Lipinski definition) is 5. The number of ketones is 1. The number of hydrogen-bond donors (Lipinski definition) is 1. The summed E-state index contributed by atoms with van der Waals surface area (Å²) in [7, 11) is 1.50. The second-order valence-corrected chi connectivity index (χ2v) is 6.91. The van der Waals surface area contributed by atoms with E-state index in [4.69, 9.17) is 9.47 Å². The summed E-state index contributed by atoms with van der Waals surface area (Å²) in [6.07, 6.45) is 0.834. The van der Waals surface area contributed by atoms with E-state index in [0.717, 1.165) is 6.42 Å². The summed E-state index contributed by atoms with van der Waals surface area (Å²) in [4.78, 5) is 27.0. The fraction of sp³-hybridized carbons (Fsp3) is 0.304. The van der Waals surface area contributed by atoms with E-state index in [0.29, 0.717) is 17.9 Å². The van der Waals surface area contributed by atoms with Crippen LogP contribution in [0, 0.1) is 5.82 Å². The van der Waals surface area contributed by atoms with E-state index in [1.165, 1.54) is 36.3 Å². The molecule has 0 spiro atoms. The van der Waals surface area contributed by atoms with E-state index in [9.17, 15) is 19.1 Å². The van der Waals surface area contributed by atoms with Crippen LogP contribution < -0.4 is 4.74 Å². The second-order valence-electron chi connectivity index (χ2n) is 6.91. The first-order chi connectivity index (χ1) is 14.5. The fourth-order valence-corrected chi connectivity index (χ4v) is 3.40. The van der Waals surface area contributed by atoms with Crippen molar-refractivity contribution in [1.82, 2.24) is 4.90 Å². The van der Waals surface area contributed by atoms with Gasteiger partial charge in [0.25, 0.3) is 11.7 Å². The predicted molar refractivity (Wildman–Crippen MR) is 110 cm³/mol. The SMILES string of the molecule is CCCOc1cccc(C2/C(=C(/O)c3ccc(F)cc3)C(=O)C(=O)N2CCOC)c1. The Labute approximate surface area is 174 Å². The molecular formula is C23H24FNO5. The number of aliphatic hydroxyl groups excluding tert-OH is 1. The summed E-state index contributed by atoms with van der Waals surface area (Å²) in [6.45, 7) is 2.92. The van der Waals surface area contributed by atoms with Crippen LogP contribution in [-0.2, 0) is 14.3 Å². The minimum Gasteiger partial charge on any atom is -0.507 e. The van der Waals surface area contributed by atoms with E-state index in [-0.39, 0.29) is 30.0 Å². The van der Waals surface area contributed by atoms with Gasteiger partial charge in [0.05, 0.1) is 24.8 Å². The second kappa shape index (κ2) is 9.54. The van der Waals surface area contributed by atoms with E-state index < -0.39 is 23.5 Å². The number of rotatable bonds is 8. The smallest absolute Gasteiger partial charge is 0.295 e. The molecule has 1 fully saturated rings. The maximum atomic E-state index is 13.3. The zero-order chi connectivity index (χ0) is 21.7. The van der Waals surface area contributed by atoms with Crippen LogP contribution in [0.1, 0.15) is 30.5 Å². The zero-order valence-corrected chi connectivity index (χ0v) is 16.9. The Morgan fingerprint density at radius 3 is 2.53 bits per heavy atom. The number of carbonyl (C=O) groups excluding carboxylic acids is 2. The standard InChI is InChI=1S/C23H24FNO5/c1-3-12-30-18-6-4-5-16(14-18)20-19(21(26)15-7-9-17(24)10-8-15)22(27)23(28)25(20)11-13-29-2/h4-10,14,20,26H,3,11-13H2,1-2H3/b21-19-. The summed E-state index contributed by atoms with van der Waals surface area (Å²) < 4.78 is 24.1. The lowest BCUT2D eigenvalue weighted by Crippen LogP contribution is -2.32. The summed E-state index contributed by atoms with van der Waals surface area (Å²) in [5.74, 6) is -1.73. The van der Waals surface area contributed by atoms with Crippen molar-refractivity contribution in [2.24, 2.45) is 0 Å². The summed E-state index contributed by atoms with van der Waals surface area (Å²) >= 11 is 0. The van der Waals surface area contributed by atoms with Crippen molar-refractivity contribution in [3.05, 3.63) is 71.0 Å². The van der Waals surface area contributed by atoms with Crippen molar-refractivity contribution in [3.8, 4) is 5.75 Å². The van der Waals surface area contributed by atoms with E-state index >= 15 is 0 Å². The van der Waals surface area contributed by atoms with Gasteiger partial charge in [0.1, 0.15) is 17.3 Å². The third-order valence-corrected chi connectivity index (χ3v) is 4.84. The van der Waals surface area contributed by atoms with Gasteiger partial charge in [-0.1, -0.05) is 19.1 Å². The Morgan fingerprint density at radius 2 is 1.87 bits per heavy atom. The van der Waals surface area contributed by atoms with Gasteiger partial charge >= 0.3 is 0 Å². The predicted octanol–water partition coefficient (Wildman–Crippen LogP) is 3.68. The van der Waals surface area contributed by atoms with Gasteiger partial charge in [0, 0.05) is 19.2 Å². The number of carbonyl (C=O) groups is 2. The quantitative estimate of drug-likeness (QED) is 0.406. The molecule has 6 nitrogen and oxygen atoms in total. The maximum Gasteiger partial charge on any atom is 0.295 e. The molecule has 1 unspecified atom stereocenters. The molecule has 30 heavy (non-hydrogen) atoms. The highest BCUT2D eigenvalue weighted by Gasteiger charge is 2.45. The van der Waals surface area contributed by atoms with Crippen LogP contribution in [0.3, 0.4) is 0 Å². The van der Waals surface area contributed by atoms with Gasteiger partial charge < -0.3 is 19.5 Å². The molecule has 0 radical (unpaired) electrons. The topological polar surface area (TPSA) is 76.1 Å². The van der Waals surface area contributed by atoms with Gasteiger partial charge in [-0.15, -0.1) is 0 Å². The van der Waals surface area contributed by atoms with Crippen LogP contribution in [0.4, 0.5) is 4.39 Å². The number of likely N-dealkylation sites (tertiary alicyclic amines) is 1. The number of Topliss-reactive ketones (excluding diaryl/α,β-unsaturated/α-hetero) is 1. The van der Waals surface area contributed by atoms with Crippen molar-refractivity contribution in [3.63, 3.8) is 0 Å². The molecule has 2 aromatic rings. The van der Waals surface area contributed by atoms with Crippen molar-refractivity contribution in [2.75, 3.05) is 26.9 Å². The number of aliphatic hydroxyl groups is 1. The first-order valence-electron chi connectivity index (χ1n) is 9.74. The molecular weight excluding hydrogens is 389 g/mol. The van der Waals surface area contributed by atoms with Crippen molar-refractivity contribution in [1.29, 1.82) is 0 Å². The highest BCUT2D eigenvalue weighted by Crippen LogP contribution is 2.40. The molecule has 1 aliphatic rings. The lowest BCUT2D eigenvalue weighted by Gasteiger charge is -2.25. The molecule has 2 aromatic carbocycles. The van der Waals surface area contributed by atoms with Gasteiger partial charge in [0.15, 0.2) is 0 Å². The molecule has 1 atom stereocenters. The van der Waals surface area contributed by atoms with Crippen molar-refractivity contribution in [2.45, 2.75) is 19.4 Å². The Morgan fingerprint density at radius 1 is 1.13 bits per heavy atom. The number of amides is 1. The lowest BCUT2D eigenvalue weighted by molar-refractivity contribution is -0.140. The number of ether oxygens (including phenoxy) is 2. The average Bonchev–Trinajstić information content (AvgIpc) is 3.01. The Balaban J connectivity index is 2.11. The first-order valence-corrected chi connectivity index (χ1v) is 9.74. The summed E-state index contributed by atoms with van der Waals surface area (Å²) in [5.41, 5.74) is 0.836. The van der Waals surface area contributed by atoms with Crippen LogP contribution in [0.15, 0.2) is 54.1 Å². The molecule has 1 heterocycles. The Hall–Kier alpha value is -3.19. The third-order valence-electron chi connectivity index (χ3n) is 4.84. The zero-order valence-electron chi connectivity index (χ0n) is 16.9. The molecule has 158 valence electrons. The van der Waals surface area contributed by atoms with Crippen molar-refractivity contribution >= 4 is 17.4 Å². The number of halogens is 1. The Bertz CT molecular complexity index is 954. The van der Waals surface area contributed by atoms with E-state index in [2.05, 4.69) is 0 Å². The van der Waals surface area contributed by atoms with Gasteiger partial charge in [-0.05, 0) is 48.4 Å².